The number of piperidine rings is 1. The summed E-state index contributed by atoms with van der Waals surface area (Å²) in [5.41, 5.74) is 1.39. The smallest absolute Gasteiger partial charge is 0.0761 e. The van der Waals surface area contributed by atoms with E-state index in [0.29, 0.717) is 12.0 Å². The number of rotatable bonds is 0. The van der Waals surface area contributed by atoms with Gasteiger partial charge in [0.25, 0.3) is 0 Å². The van der Waals surface area contributed by atoms with Gasteiger partial charge >= 0.3 is 0 Å². The molecular formula is C12H19NO. The molecule has 1 fully saturated rings. The van der Waals surface area contributed by atoms with Crippen LogP contribution in [0.5, 0.6) is 0 Å². The summed E-state index contributed by atoms with van der Waals surface area (Å²) < 4.78 is 0. The van der Waals surface area contributed by atoms with Crippen molar-refractivity contribution >= 4 is 0 Å². The van der Waals surface area contributed by atoms with Gasteiger partial charge in [-0.1, -0.05) is 18.2 Å². The van der Waals surface area contributed by atoms with Crippen LogP contribution in [0.4, 0.5) is 0 Å². The number of nitrogens with zero attached hydrogens (tertiary/aromatic N) is 1. The molecule has 2 aliphatic rings. The van der Waals surface area contributed by atoms with E-state index in [2.05, 4.69) is 44.0 Å². The molecule has 4 atom stereocenters. The van der Waals surface area contributed by atoms with Crippen LogP contribution in [-0.2, 0) is 0 Å². The fourth-order valence-corrected chi connectivity index (χ4v) is 2.61. The Labute approximate surface area is 85.9 Å². The molecule has 2 rings (SSSR count). The third-order valence-corrected chi connectivity index (χ3v) is 3.89. The normalized spacial score (nSPS) is 43.3. The van der Waals surface area contributed by atoms with E-state index in [1.165, 1.54) is 5.57 Å². The van der Waals surface area contributed by atoms with Crippen molar-refractivity contribution in [3.8, 4) is 0 Å². The summed E-state index contributed by atoms with van der Waals surface area (Å²) in [4.78, 5) is 2.26. The van der Waals surface area contributed by atoms with Crippen LogP contribution in [0.2, 0.25) is 0 Å². The molecule has 2 heteroatoms. The molecule has 0 bridgehead atoms. The van der Waals surface area contributed by atoms with Crippen LogP contribution < -0.4 is 0 Å². The number of allylic oxidation sites excluding steroid dienone is 3. The van der Waals surface area contributed by atoms with Crippen molar-refractivity contribution < 1.29 is 5.11 Å². The molecule has 1 aliphatic carbocycles. The molecule has 1 heterocycles. The topological polar surface area (TPSA) is 23.5 Å². The lowest BCUT2D eigenvalue weighted by Crippen LogP contribution is -2.54. The van der Waals surface area contributed by atoms with E-state index in [4.69, 9.17) is 0 Å². The van der Waals surface area contributed by atoms with Crippen LogP contribution in [-0.4, -0.2) is 35.2 Å². The Balaban J connectivity index is 2.31. The first kappa shape index (κ1) is 9.94. The summed E-state index contributed by atoms with van der Waals surface area (Å²) in [5.74, 6) is 0.348. The number of likely N-dealkylation sites (N-methyl/N-ethyl adjacent to an activating group) is 1. The maximum atomic E-state index is 10.1. The number of hydrogen-bond acceptors (Lipinski definition) is 2. The molecule has 2 nitrogen and oxygen atoms in total. The highest BCUT2D eigenvalue weighted by atomic mass is 16.3. The van der Waals surface area contributed by atoms with Crippen molar-refractivity contribution in [1.29, 1.82) is 0 Å². The van der Waals surface area contributed by atoms with Gasteiger partial charge in [-0.05, 0) is 32.9 Å². The molecule has 4 unspecified atom stereocenters. The van der Waals surface area contributed by atoms with Crippen LogP contribution in [0, 0.1) is 5.92 Å². The van der Waals surface area contributed by atoms with Crippen molar-refractivity contribution in [3.05, 3.63) is 23.8 Å². The van der Waals surface area contributed by atoms with Gasteiger partial charge in [-0.3, -0.25) is 4.90 Å². The molecule has 0 radical (unpaired) electrons. The van der Waals surface area contributed by atoms with Crippen molar-refractivity contribution in [3.63, 3.8) is 0 Å². The molecule has 0 aromatic rings. The Bertz CT molecular complexity index is 282. The van der Waals surface area contributed by atoms with Gasteiger partial charge in [-0.25, -0.2) is 0 Å². The lowest BCUT2D eigenvalue weighted by molar-refractivity contribution is -0.00276. The average molecular weight is 193 g/mol. The Morgan fingerprint density at radius 2 is 2.14 bits per heavy atom. The summed E-state index contributed by atoms with van der Waals surface area (Å²) in [6, 6.07) is 0.724. The molecular weight excluding hydrogens is 174 g/mol. The van der Waals surface area contributed by atoms with Crippen molar-refractivity contribution in [2.45, 2.75) is 38.5 Å². The van der Waals surface area contributed by atoms with E-state index in [1.54, 1.807) is 0 Å². The van der Waals surface area contributed by atoms with Gasteiger partial charge in [-0.15, -0.1) is 0 Å². The second-order valence-corrected chi connectivity index (χ2v) is 4.51. The van der Waals surface area contributed by atoms with Crippen molar-refractivity contribution in [1.82, 2.24) is 4.90 Å². The quantitative estimate of drug-likeness (QED) is 0.631. The molecule has 0 spiro atoms. The second-order valence-electron chi connectivity index (χ2n) is 4.51. The maximum absolute atomic E-state index is 10.1. The summed E-state index contributed by atoms with van der Waals surface area (Å²) >= 11 is 0. The third-order valence-electron chi connectivity index (χ3n) is 3.89. The highest BCUT2D eigenvalue weighted by Gasteiger charge is 2.39. The van der Waals surface area contributed by atoms with Gasteiger partial charge in [0, 0.05) is 18.0 Å². The minimum Gasteiger partial charge on any atom is -0.391 e. The molecule has 0 amide bonds. The summed E-state index contributed by atoms with van der Waals surface area (Å²) in [5, 5.41) is 10.1. The maximum Gasteiger partial charge on any atom is 0.0761 e. The summed E-state index contributed by atoms with van der Waals surface area (Å²) in [6.07, 6.45) is 7.22. The third kappa shape index (κ3) is 1.33. The van der Waals surface area contributed by atoms with Crippen LogP contribution in [0.3, 0.4) is 0 Å². The summed E-state index contributed by atoms with van der Waals surface area (Å²) in [6.45, 7) is 4.33. The Kier molecular flexibility index (Phi) is 2.50. The minimum atomic E-state index is -0.215. The molecule has 0 aromatic heterocycles. The van der Waals surface area contributed by atoms with E-state index in [-0.39, 0.29) is 12.1 Å². The zero-order valence-electron chi connectivity index (χ0n) is 9.14. The van der Waals surface area contributed by atoms with Crippen LogP contribution in [0.15, 0.2) is 23.8 Å². The molecule has 78 valence electrons. The van der Waals surface area contributed by atoms with Gasteiger partial charge < -0.3 is 5.11 Å². The van der Waals surface area contributed by atoms with E-state index >= 15 is 0 Å². The van der Waals surface area contributed by atoms with Gasteiger partial charge in [0.2, 0.25) is 0 Å². The lowest BCUT2D eigenvalue weighted by atomic mass is 9.76. The van der Waals surface area contributed by atoms with Crippen LogP contribution >= 0.6 is 0 Å². The largest absolute Gasteiger partial charge is 0.391 e. The number of fused-ring (bicyclic) bond motifs is 1. The van der Waals surface area contributed by atoms with E-state index in [1.807, 2.05) is 0 Å². The number of hydrogen-bond donors (Lipinski definition) is 1. The number of likely N-dealkylation sites (tertiary alicyclic amines) is 1. The van der Waals surface area contributed by atoms with E-state index in [0.717, 1.165) is 6.42 Å². The summed E-state index contributed by atoms with van der Waals surface area (Å²) in [7, 11) is 2.09. The number of aliphatic hydroxyl groups is 1. The van der Waals surface area contributed by atoms with Crippen LogP contribution in [0.1, 0.15) is 20.3 Å². The van der Waals surface area contributed by atoms with Gasteiger partial charge in [0.05, 0.1) is 6.10 Å². The van der Waals surface area contributed by atoms with Crippen molar-refractivity contribution in [2.24, 2.45) is 5.92 Å². The number of aliphatic hydroxyl groups excluding tert-OH is 1. The predicted octanol–water partition coefficient (Wildman–Crippen LogP) is 1.57. The highest BCUT2D eigenvalue weighted by molar-refractivity contribution is 5.28. The standard InChI is InChI=1S/C12H19NO/c1-8-10-6-4-5-7-11(10)12(14)9(2)13(8)3/h4-6,8-9,11-12,14H,7H2,1-3H3. The zero-order chi connectivity index (χ0) is 10.3. The fourth-order valence-electron chi connectivity index (χ4n) is 2.61. The lowest BCUT2D eigenvalue weighted by Gasteiger charge is -2.46. The first-order chi connectivity index (χ1) is 6.63. The SMILES string of the molecule is CC1C2=CC=CCC2C(O)C(C)N1C. The fraction of sp³-hybridized carbons (Fsp3) is 0.667. The Morgan fingerprint density at radius 1 is 1.43 bits per heavy atom. The molecule has 1 N–H and O–H groups in total. The highest BCUT2D eigenvalue weighted by Crippen LogP contribution is 2.35. The predicted molar refractivity (Wildman–Crippen MR) is 58.0 cm³/mol. The Hall–Kier alpha value is -0.600. The van der Waals surface area contributed by atoms with Crippen molar-refractivity contribution in [2.75, 3.05) is 7.05 Å². The average Bonchev–Trinajstić information content (AvgIpc) is 2.23. The van der Waals surface area contributed by atoms with E-state index in [9.17, 15) is 5.11 Å². The zero-order valence-corrected chi connectivity index (χ0v) is 9.14. The molecule has 1 aliphatic heterocycles. The van der Waals surface area contributed by atoms with Crippen LogP contribution in [0.25, 0.3) is 0 Å². The van der Waals surface area contributed by atoms with Gasteiger partial charge in [0.15, 0.2) is 0 Å². The first-order valence-electron chi connectivity index (χ1n) is 5.39. The first-order valence-corrected chi connectivity index (χ1v) is 5.39. The Morgan fingerprint density at radius 3 is 2.86 bits per heavy atom. The minimum absolute atomic E-state index is 0.215. The monoisotopic (exact) mass is 193 g/mol. The van der Waals surface area contributed by atoms with E-state index < -0.39 is 0 Å². The molecule has 0 saturated carbocycles. The second kappa shape index (κ2) is 3.52. The van der Waals surface area contributed by atoms with Gasteiger partial charge in [-0.2, -0.15) is 0 Å². The molecule has 14 heavy (non-hydrogen) atoms. The molecule has 0 aromatic carbocycles. The molecule has 1 saturated heterocycles. The van der Waals surface area contributed by atoms with Gasteiger partial charge in [0.1, 0.15) is 0 Å².